The van der Waals surface area contributed by atoms with Gasteiger partial charge in [-0.05, 0) is 55.0 Å². The summed E-state index contributed by atoms with van der Waals surface area (Å²) in [5.41, 5.74) is 3.51. The van der Waals surface area contributed by atoms with Crippen LogP contribution in [0.1, 0.15) is 61.4 Å². The Bertz CT molecular complexity index is 1200. The van der Waals surface area contributed by atoms with Gasteiger partial charge in [0.05, 0.1) is 10.6 Å². The molecule has 0 spiro atoms. The van der Waals surface area contributed by atoms with Crippen molar-refractivity contribution in [3.05, 3.63) is 65.0 Å². The lowest BCUT2D eigenvalue weighted by atomic mass is 9.97. The SMILES string of the molecule is CCC(C)c1ccc(-c2csc(NC(=O)c3ccc(S(=O)(=O)N4CCCCC4)cc3)n2)cc1. The topological polar surface area (TPSA) is 79.4 Å². The minimum absolute atomic E-state index is 0.221. The summed E-state index contributed by atoms with van der Waals surface area (Å²) >= 11 is 1.36. The van der Waals surface area contributed by atoms with Crippen LogP contribution in [-0.2, 0) is 10.0 Å². The maximum atomic E-state index is 12.8. The molecule has 2 heterocycles. The highest BCUT2D eigenvalue weighted by atomic mass is 32.2. The maximum absolute atomic E-state index is 12.8. The third-order valence-corrected chi connectivity index (χ3v) is 8.85. The second kappa shape index (κ2) is 10.2. The smallest absolute Gasteiger partial charge is 0.257 e. The van der Waals surface area contributed by atoms with E-state index in [1.165, 1.54) is 33.3 Å². The van der Waals surface area contributed by atoms with Gasteiger partial charge in [-0.25, -0.2) is 13.4 Å². The predicted molar refractivity (Wildman–Crippen MR) is 133 cm³/mol. The summed E-state index contributed by atoms with van der Waals surface area (Å²) < 4.78 is 27.1. The summed E-state index contributed by atoms with van der Waals surface area (Å²) in [5, 5.41) is 5.24. The van der Waals surface area contributed by atoms with Crippen LogP contribution in [0.4, 0.5) is 5.13 Å². The van der Waals surface area contributed by atoms with Crippen LogP contribution in [-0.4, -0.2) is 36.7 Å². The zero-order valence-electron chi connectivity index (χ0n) is 19.0. The summed E-state index contributed by atoms with van der Waals surface area (Å²) in [4.78, 5) is 17.4. The number of sulfonamides is 1. The first kappa shape index (κ1) is 23.6. The molecule has 0 radical (unpaired) electrons. The van der Waals surface area contributed by atoms with Gasteiger partial charge < -0.3 is 0 Å². The molecule has 1 N–H and O–H groups in total. The lowest BCUT2D eigenvalue weighted by Crippen LogP contribution is -2.35. The van der Waals surface area contributed by atoms with Crippen LogP contribution in [0.15, 0.2) is 58.8 Å². The van der Waals surface area contributed by atoms with E-state index in [0.717, 1.165) is 36.9 Å². The fourth-order valence-electron chi connectivity index (χ4n) is 3.88. The molecule has 2 aromatic carbocycles. The molecule has 1 unspecified atom stereocenters. The van der Waals surface area contributed by atoms with E-state index in [1.54, 1.807) is 12.1 Å². The van der Waals surface area contributed by atoms with Gasteiger partial charge in [-0.1, -0.05) is 44.5 Å². The fraction of sp³-hybridized carbons (Fsp3) is 0.360. The number of rotatable bonds is 7. The van der Waals surface area contributed by atoms with Crippen LogP contribution < -0.4 is 5.32 Å². The maximum Gasteiger partial charge on any atom is 0.257 e. The number of hydrogen-bond acceptors (Lipinski definition) is 5. The number of piperidine rings is 1. The average molecular weight is 484 g/mol. The molecule has 1 aliphatic heterocycles. The van der Waals surface area contributed by atoms with Crippen molar-refractivity contribution in [2.45, 2.75) is 50.3 Å². The summed E-state index contributed by atoms with van der Waals surface area (Å²) in [7, 11) is -3.51. The Morgan fingerprint density at radius 1 is 1.06 bits per heavy atom. The van der Waals surface area contributed by atoms with Gasteiger partial charge in [0.15, 0.2) is 5.13 Å². The molecule has 0 saturated carbocycles. The first-order valence-corrected chi connectivity index (χ1v) is 13.7. The third kappa shape index (κ3) is 5.34. The van der Waals surface area contributed by atoms with Crippen LogP contribution in [0.25, 0.3) is 11.3 Å². The Hall–Kier alpha value is -2.55. The normalized spacial score (nSPS) is 15.8. The Balaban J connectivity index is 1.42. The Labute approximate surface area is 199 Å². The van der Waals surface area contributed by atoms with E-state index >= 15 is 0 Å². The molecule has 3 aromatic rings. The molecular formula is C25H29N3O3S2. The van der Waals surface area contributed by atoms with Gasteiger partial charge in [-0.3, -0.25) is 10.1 Å². The number of thiazole rings is 1. The lowest BCUT2D eigenvalue weighted by molar-refractivity contribution is 0.102. The van der Waals surface area contributed by atoms with Gasteiger partial charge in [0, 0.05) is 29.6 Å². The van der Waals surface area contributed by atoms with E-state index in [1.807, 2.05) is 5.38 Å². The second-order valence-corrected chi connectivity index (χ2v) is 11.2. The Morgan fingerprint density at radius 3 is 2.36 bits per heavy atom. The molecule has 4 rings (SSSR count). The molecular weight excluding hydrogens is 454 g/mol. The van der Waals surface area contributed by atoms with Crippen LogP contribution in [0.2, 0.25) is 0 Å². The van der Waals surface area contributed by atoms with E-state index in [2.05, 4.69) is 48.4 Å². The van der Waals surface area contributed by atoms with E-state index in [4.69, 9.17) is 0 Å². The Kier molecular flexibility index (Phi) is 7.26. The van der Waals surface area contributed by atoms with Crippen LogP contribution >= 0.6 is 11.3 Å². The molecule has 174 valence electrons. The molecule has 1 aliphatic rings. The third-order valence-electron chi connectivity index (χ3n) is 6.18. The van der Waals surface area contributed by atoms with Crippen molar-refractivity contribution in [3.63, 3.8) is 0 Å². The predicted octanol–water partition coefficient (Wildman–Crippen LogP) is 5.75. The monoisotopic (exact) mass is 483 g/mol. The number of aromatic nitrogens is 1. The van der Waals surface area contributed by atoms with Crippen molar-refractivity contribution < 1.29 is 13.2 Å². The summed E-state index contributed by atoms with van der Waals surface area (Å²) in [6, 6.07) is 14.5. The van der Waals surface area contributed by atoms with Crippen molar-refractivity contribution in [1.82, 2.24) is 9.29 Å². The van der Waals surface area contributed by atoms with Gasteiger partial charge in [-0.15, -0.1) is 11.3 Å². The number of anilines is 1. The highest BCUT2D eigenvalue weighted by Gasteiger charge is 2.26. The minimum atomic E-state index is -3.51. The first-order chi connectivity index (χ1) is 15.9. The largest absolute Gasteiger partial charge is 0.298 e. The molecule has 1 atom stereocenters. The zero-order chi connectivity index (χ0) is 23.4. The van der Waals surface area contributed by atoms with Crippen LogP contribution in [0, 0.1) is 0 Å². The number of amides is 1. The molecule has 6 nitrogen and oxygen atoms in total. The van der Waals surface area contributed by atoms with Crippen LogP contribution in [0.5, 0.6) is 0 Å². The number of nitrogens with one attached hydrogen (secondary N) is 1. The highest BCUT2D eigenvalue weighted by Crippen LogP contribution is 2.28. The molecule has 33 heavy (non-hydrogen) atoms. The molecule has 1 aromatic heterocycles. The quantitative estimate of drug-likeness (QED) is 0.464. The van der Waals surface area contributed by atoms with Crippen molar-refractivity contribution in [2.24, 2.45) is 0 Å². The summed E-state index contributed by atoms with van der Waals surface area (Å²) in [6.45, 7) is 5.49. The van der Waals surface area contributed by atoms with Crippen molar-refractivity contribution >= 4 is 32.4 Å². The Morgan fingerprint density at radius 2 is 1.73 bits per heavy atom. The number of nitrogens with zero attached hydrogens (tertiary/aromatic N) is 2. The van der Waals surface area contributed by atoms with Crippen LogP contribution in [0.3, 0.4) is 0 Å². The molecule has 0 aliphatic carbocycles. The van der Waals surface area contributed by atoms with E-state index < -0.39 is 10.0 Å². The molecule has 1 saturated heterocycles. The van der Waals surface area contributed by atoms with Gasteiger partial charge in [-0.2, -0.15) is 4.31 Å². The van der Waals surface area contributed by atoms with Gasteiger partial charge in [0.2, 0.25) is 10.0 Å². The van der Waals surface area contributed by atoms with Crippen molar-refractivity contribution in [3.8, 4) is 11.3 Å². The number of benzene rings is 2. The molecule has 1 fully saturated rings. The van der Waals surface area contributed by atoms with E-state index in [-0.39, 0.29) is 10.8 Å². The average Bonchev–Trinajstić information content (AvgIpc) is 3.32. The minimum Gasteiger partial charge on any atom is -0.298 e. The second-order valence-electron chi connectivity index (χ2n) is 8.41. The van der Waals surface area contributed by atoms with E-state index in [9.17, 15) is 13.2 Å². The highest BCUT2D eigenvalue weighted by molar-refractivity contribution is 7.89. The van der Waals surface area contributed by atoms with Crippen molar-refractivity contribution in [2.75, 3.05) is 18.4 Å². The molecule has 8 heteroatoms. The zero-order valence-corrected chi connectivity index (χ0v) is 20.6. The number of carbonyl (C=O) groups excluding carboxylic acids is 1. The van der Waals surface area contributed by atoms with Gasteiger partial charge >= 0.3 is 0 Å². The number of hydrogen-bond donors (Lipinski definition) is 1. The lowest BCUT2D eigenvalue weighted by Gasteiger charge is -2.25. The molecule has 1 amide bonds. The summed E-state index contributed by atoms with van der Waals surface area (Å²) in [5.74, 6) is 0.204. The fourth-order valence-corrected chi connectivity index (χ4v) is 6.12. The first-order valence-electron chi connectivity index (χ1n) is 11.4. The van der Waals surface area contributed by atoms with Crippen molar-refractivity contribution in [1.29, 1.82) is 0 Å². The van der Waals surface area contributed by atoms with E-state index in [0.29, 0.717) is 29.7 Å². The molecule has 0 bridgehead atoms. The standard InChI is InChI=1S/C25H29N3O3S2/c1-3-18(2)19-7-9-20(10-8-19)23-17-32-25(26-23)27-24(29)21-11-13-22(14-12-21)33(30,31)28-15-5-4-6-16-28/h7-14,17-18H,3-6,15-16H2,1-2H3,(H,26,27,29). The van der Waals surface area contributed by atoms with Gasteiger partial charge in [0.1, 0.15) is 0 Å². The number of carbonyl (C=O) groups is 1. The summed E-state index contributed by atoms with van der Waals surface area (Å²) in [6.07, 6.45) is 3.93. The van der Waals surface area contributed by atoms with Gasteiger partial charge in [0.25, 0.3) is 5.91 Å².